The quantitative estimate of drug-likeness (QED) is 0.797. The Labute approximate surface area is 99.4 Å². The molecule has 0 atom stereocenters. The molecule has 16 heavy (non-hydrogen) atoms. The van der Waals surface area contributed by atoms with Gasteiger partial charge in [-0.2, -0.15) is 0 Å². The fraction of sp³-hybridized carbons (Fsp3) is 0.923. The minimum Gasteiger partial charge on any atom is -0.339 e. The molecule has 3 heteroatoms. The zero-order chi connectivity index (χ0) is 12.1. The molecule has 94 valence electrons. The van der Waals surface area contributed by atoms with Crippen LogP contribution in [0.5, 0.6) is 0 Å². The molecule has 1 fully saturated rings. The van der Waals surface area contributed by atoms with Gasteiger partial charge in [-0.3, -0.25) is 4.79 Å². The van der Waals surface area contributed by atoms with Crippen molar-refractivity contribution in [1.82, 2.24) is 4.90 Å². The Bertz CT molecular complexity index is 220. The highest BCUT2D eigenvalue weighted by Crippen LogP contribution is 2.29. The average molecular weight is 226 g/mol. The van der Waals surface area contributed by atoms with E-state index in [0.717, 1.165) is 18.8 Å². The summed E-state index contributed by atoms with van der Waals surface area (Å²) in [5.41, 5.74) is 5.56. The first-order valence-electron chi connectivity index (χ1n) is 6.56. The van der Waals surface area contributed by atoms with Crippen molar-refractivity contribution in [2.75, 3.05) is 13.1 Å². The van der Waals surface area contributed by atoms with Gasteiger partial charge in [0, 0.05) is 25.0 Å². The lowest BCUT2D eigenvalue weighted by molar-refractivity contribution is -0.138. The highest BCUT2D eigenvalue weighted by molar-refractivity contribution is 5.79. The maximum atomic E-state index is 12.3. The summed E-state index contributed by atoms with van der Waals surface area (Å²) in [6, 6.07) is 0.274. The van der Waals surface area contributed by atoms with E-state index in [4.69, 9.17) is 5.73 Å². The van der Waals surface area contributed by atoms with Crippen molar-refractivity contribution in [1.29, 1.82) is 0 Å². The van der Waals surface area contributed by atoms with E-state index < -0.39 is 0 Å². The van der Waals surface area contributed by atoms with Gasteiger partial charge < -0.3 is 10.6 Å². The molecular weight excluding hydrogens is 200 g/mol. The Morgan fingerprint density at radius 3 is 2.31 bits per heavy atom. The molecular formula is C13H26N2O. The Hall–Kier alpha value is -0.570. The van der Waals surface area contributed by atoms with Crippen molar-refractivity contribution >= 4 is 5.91 Å². The van der Waals surface area contributed by atoms with Crippen LogP contribution in [0.2, 0.25) is 0 Å². The molecule has 0 spiro atoms. The lowest BCUT2D eigenvalue weighted by Crippen LogP contribution is -2.44. The summed E-state index contributed by atoms with van der Waals surface area (Å²) in [7, 11) is 0. The molecule has 0 aromatic carbocycles. The lowest BCUT2D eigenvalue weighted by Gasteiger charge is -2.33. The fourth-order valence-electron chi connectivity index (χ4n) is 2.50. The van der Waals surface area contributed by atoms with E-state index in [1.54, 1.807) is 0 Å². The van der Waals surface area contributed by atoms with Crippen LogP contribution in [0.3, 0.4) is 0 Å². The van der Waals surface area contributed by atoms with E-state index in [1.807, 2.05) is 4.90 Å². The molecule has 0 aliphatic heterocycles. The molecule has 0 heterocycles. The summed E-state index contributed by atoms with van der Waals surface area (Å²) >= 11 is 0. The third-order valence-corrected chi connectivity index (χ3v) is 3.64. The second-order valence-corrected chi connectivity index (χ2v) is 5.37. The van der Waals surface area contributed by atoms with Crippen LogP contribution in [-0.2, 0) is 4.79 Å². The van der Waals surface area contributed by atoms with Crippen molar-refractivity contribution in [3.8, 4) is 0 Å². The maximum absolute atomic E-state index is 12.3. The molecule has 0 radical (unpaired) electrons. The first kappa shape index (κ1) is 13.5. The van der Waals surface area contributed by atoms with Crippen LogP contribution in [-0.4, -0.2) is 29.9 Å². The molecule has 1 aliphatic rings. The molecule has 1 aliphatic carbocycles. The van der Waals surface area contributed by atoms with Crippen LogP contribution in [0.15, 0.2) is 0 Å². The minimum absolute atomic E-state index is 0.255. The molecule has 0 saturated heterocycles. The summed E-state index contributed by atoms with van der Waals surface area (Å²) in [6.45, 7) is 7.68. The van der Waals surface area contributed by atoms with E-state index >= 15 is 0 Å². The smallest absolute Gasteiger partial charge is 0.225 e. The van der Waals surface area contributed by atoms with Crippen LogP contribution < -0.4 is 5.73 Å². The lowest BCUT2D eigenvalue weighted by atomic mass is 9.82. The van der Waals surface area contributed by atoms with Gasteiger partial charge in [-0.1, -0.05) is 6.92 Å². The highest BCUT2D eigenvalue weighted by atomic mass is 16.2. The van der Waals surface area contributed by atoms with Gasteiger partial charge in [0.25, 0.3) is 0 Å². The number of carbonyl (C=O) groups excluding carboxylic acids is 1. The normalized spacial score (nSPS) is 25.8. The number of nitrogens with two attached hydrogens (primary N) is 1. The van der Waals surface area contributed by atoms with E-state index in [0.29, 0.717) is 19.0 Å². The number of carbonyl (C=O) groups is 1. The van der Waals surface area contributed by atoms with Crippen LogP contribution in [0.4, 0.5) is 0 Å². The van der Waals surface area contributed by atoms with Gasteiger partial charge >= 0.3 is 0 Å². The summed E-state index contributed by atoms with van der Waals surface area (Å²) in [5.74, 6) is 1.38. The predicted molar refractivity (Wildman–Crippen MR) is 67.0 cm³/mol. The summed E-state index contributed by atoms with van der Waals surface area (Å²) in [5, 5.41) is 0. The van der Waals surface area contributed by atoms with E-state index in [9.17, 15) is 4.79 Å². The van der Waals surface area contributed by atoms with Gasteiger partial charge in [0.2, 0.25) is 5.91 Å². The molecule has 1 rings (SSSR count). The van der Waals surface area contributed by atoms with Crippen molar-refractivity contribution in [2.45, 2.75) is 52.5 Å². The first-order valence-corrected chi connectivity index (χ1v) is 6.56. The molecule has 0 aromatic heterocycles. The third-order valence-electron chi connectivity index (χ3n) is 3.64. The standard InChI is InChI=1S/C13H26N2O/c1-10(2)15(9-8-14)13(16)12-6-4-11(3)5-7-12/h10-12H,4-9,14H2,1-3H3. The summed E-state index contributed by atoms with van der Waals surface area (Å²) < 4.78 is 0. The molecule has 0 aromatic rings. The van der Waals surface area contributed by atoms with Crippen LogP contribution in [0.1, 0.15) is 46.5 Å². The summed E-state index contributed by atoms with van der Waals surface area (Å²) in [6.07, 6.45) is 4.53. The predicted octanol–water partition coefficient (Wildman–Crippen LogP) is 2.01. The number of hydrogen-bond acceptors (Lipinski definition) is 2. The number of rotatable bonds is 4. The number of nitrogens with zero attached hydrogens (tertiary/aromatic N) is 1. The molecule has 1 amide bonds. The SMILES string of the molecule is CC1CCC(C(=O)N(CCN)C(C)C)CC1. The van der Waals surface area contributed by atoms with Crippen LogP contribution in [0, 0.1) is 11.8 Å². The molecule has 2 N–H and O–H groups in total. The Balaban J connectivity index is 2.53. The molecule has 3 nitrogen and oxygen atoms in total. The zero-order valence-electron chi connectivity index (χ0n) is 10.9. The van der Waals surface area contributed by atoms with Gasteiger partial charge in [-0.15, -0.1) is 0 Å². The van der Waals surface area contributed by atoms with Crippen molar-refractivity contribution in [3.05, 3.63) is 0 Å². The Kier molecular flexibility index (Phi) is 5.26. The summed E-state index contributed by atoms with van der Waals surface area (Å²) in [4.78, 5) is 14.3. The third kappa shape index (κ3) is 3.48. The van der Waals surface area contributed by atoms with E-state index in [2.05, 4.69) is 20.8 Å². The van der Waals surface area contributed by atoms with E-state index in [-0.39, 0.29) is 12.0 Å². The van der Waals surface area contributed by atoms with Crippen LogP contribution in [0.25, 0.3) is 0 Å². The highest BCUT2D eigenvalue weighted by Gasteiger charge is 2.28. The first-order chi connectivity index (χ1) is 7.56. The van der Waals surface area contributed by atoms with Crippen molar-refractivity contribution in [3.63, 3.8) is 0 Å². The van der Waals surface area contributed by atoms with Gasteiger partial charge in [0.1, 0.15) is 0 Å². The van der Waals surface area contributed by atoms with Gasteiger partial charge in [-0.25, -0.2) is 0 Å². The van der Waals surface area contributed by atoms with Gasteiger partial charge in [-0.05, 0) is 45.4 Å². The number of hydrogen-bond donors (Lipinski definition) is 1. The Morgan fingerprint density at radius 1 is 1.31 bits per heavy atom. The second kappa shape index (κ2) is 6.24. The van der Waals surface area contributed by atoms with Gasteiger partial charge in [0.15, 0.2) is 0 Å². The molecule has 1 saturated carbocycles. The monoisotopic (exact) mass is 226 g/mol. The Morgan fingerprint density at radius 2 is 1.88 bits per heavy atom. The second-order valence-electron chi connectivity index (χ2n) is 5.37. The largest absolute Gasteiger partial charge is 0.339 e. The zero-order valence-corrected chi connectivity index (χ0v) is 10.9. The maximum Gasteiger partial charge on any atom is 0.225 e. The number of amides is 1. The van der Waals surface area contributed by atoms with Crippen molar-refractivity contribution in [2.24, 2.45) is 17.6 Å². The average Bonchev–Trinajstić information content (AvgIpc) is 2.25. The fourth-order valence-corrected chi connectivity index (χ4v) is 2.50. The van der Waals surface area contributed by atoms with E-state index in [1.165, 1.54) is 12.8 Å². The molecule has 0 unspecified atom stereocenters. The topological polar surface area (TPSA) is 46.3 Å². The van der Waals surface area contributed by atoms with Crippen molar-refractivity contribution < 1.29 is 4.79 Å². The van der Waals surface area contributed by atoms with Crippen LogP contribution >= 0.6 is 0 Å². The van der Waals surface area contributed by atoms with Gasteiger partial charge in [0.05, 0.1) is 0 Å². The minimum atomic E-state index is 0.255. The molecule has 0 bridgehead atoms.